The fourth-order valence-electron chi connectivity index (χ4n) is 4.01. The van der Waals surface area contributed by atoms with E-state index >= 15 is 0 Å². The molecule has 4 rings (SSSR count). The van der Waals surface area contributed by atoms with Gasteiger partial charge in [0.2, 0.25) is 10.0 Å². The molecule has 0 spiro atoms. The van der Waals surface area contributed by atoms with E-state index in [-0.39, 0.29) is 18.0 Å². The first-order chi connectivity index (χ1) is 12.5. The van der Waals surface area contributed by atoms with Gasteiger partial charge in [0.15, 0.2) is 0 Å². The van der Waals surface area contributed by atoms with E-state index < -0.39 is 10.0 Å². The molecular weight excluding hydrogens is 346 g/mol. The van der Waals surface area contributed by atoms with Crippen molar-refractivity contribution in [1.82, 2.24) is 9.71 Å². The highest BCUT2D eigenvalue weighted by molar-refractivity contribution is 7.89. The molecule has 1 aliphatic heterocycles. The highest BCUT2D eigenvalue weighted by Gasteiger charge is 2.38. The molecule has 0 saturated carbocycles. The average Bonchev–Trinajstić information content (AvgIpc) is 3.10. The third kappa shape index (κ3) is 3.04. The molecule has 0 radical (unpaired) electrons. The van der Waals surface area contributed by atoms with Gasteiger partial charge < -0.3 is 5.32 Å². The summed E-state index contributed by atoms with van der Waals surface area (Å²) in [5, 5.41) is 3.61. The number of anilines is 1. The summed E-state index contributed by atoms with van der Waals surface area (Å²) in [6, 6.07) is 9.47. The highest BCUT2D eigenvalue weighted by atomic mass is 32.2. The van der Waals surface area contributed by atoms with Gasteiger partial charge in [-0.15, -0.1) is 0 Å². The van der Waals surface area contributed by atoms with E-state index in [0.29, 0.717) is 10.8 Å². The van der Waals surface area contributed by atoms with E-state index in [1.165, 1.54) is 0 Å². The number of hydrogen-bond donors (Lipinski definition) is 2. The number of pyridine rings is 1. The minimum absolute atomic E-state index is 0.136. The number of fused-ring (bicyclic) bond motifs is 3. The Balaban J connectivity index is 1.74. The molecule has 0 saturated heterocycles. The second kappa shape index (κ2) is 6.52. The van der Waals surface area contributed by atoms with Crippen LogP contribution < -0.4 is 10.0 Å². The molecule has 6 heteroatoms. The number of aromatic nitrogens is 1. The van der Waals surface area contributed by atoms with Gasteiger partial charge in [-0.25, -0.2) is 13.1 Å². The van der Waals surface area contributed by atoms with Crippen LogP contribution in [-0.4, -0.2) is 19.4 Å². The summed E-state index contributed by atoms with van der Waals surface area (Å²) < 4.78 is 27.8. The fourth-order valence-corrected chi connectivity index (χ4v) is 5.29. The first-order valence-electron chi connectivity index (χ1n) is 8.95. The summed E-state index contributed by atoms with van der Waals surface area (Å²) in [5.74, 6) is 0.577. The van der Waals surface area contributed by atoms with Crippen molar-refractivity contribution >= 4 is 15.7 Å². The van der Waals surface area contributed by atoms with Crippen LogP contribution in [0.1, 0.15) is 43.4 Å². The summed E-state index contributed by atoms with van der Waals surface area (Å²) in [7, 11) is -3.50. The van der Waals surface area contributed by atoms with Gasteiger partial charge in [0, 0.05) is 30.0 Å². The van der Waals surface area contributed by atoms with Gasteiger partial charge in [0.25, 0.3) is 0 Å². The van der Waals surface area contributed by atoms with Crippen molar-refractivity contribution in [2.45, 2.75) is 43.2 Å². The summed E-state index contributed by atoms with van der Waals surface area (Å²) in [4.78, 5) is 4.58. The van der Waals surface area contributed by atoms with Crippen LogP contribution in [-0.2, 0) is 10.0 Å². The zero-order chi connectivity index (χ0) is 18.3. The van der Waals surface area contributed by atoms with Crippen LogP contribution in [0.3, 0.4) is 0 Å². The maximum atomic E-state index is 12.5. The average molecular weight is 369 g/mol. The Morgan fingerprint density at radius 2 is 2.12 bits per heavy atom. The zero-order valence-electron chi connectivity index (χ0n) is 14.9. The van der Waals surface area contributed by atoms with Gasteiger partial charge in [-0.3, -0.25) is 4.98 Å². The molecule has 1 aliphatic carbocycles. The zero-order valence-corrected chi connectivity index (χ0v) is 15.7. The van der Waals surface area contributed by atoms with Crippen LogP contribution in [0.15, 0.2) is 59.8 Å². The predicted molar refractivity (Wildman–Crippen MR) is 102 cm³/mol. The number of nitrogens with one attached hydrogen (secondary N) is 2. The number of rotatable bonds is 4. The Morgan fingerprint density at radius 1 is 1.27 bits per heavy atom. The lowest BCUT2D eigenvalue weighted by atomic mass is 9.77. The Hall–Kier alpha value is -2.18. The molecule has 1 aromatic heterocycles. The first-order valence-corrected chi connectivity index (χ1v) is 10.4. The lowest BCUT2D eigenvalue weighted by molar-refractivity contribution is 0.424. The molecule has 1 aromatic carbocycles. The normalized spacial score (nSPS) is 24.2. The Morgan fingerprint density at radius 3 is 2.85 bits per heavy atom. The van der Waals surface area contributed by atoms with Crippen LogP contribution in [0.25, 0.3) is 0 Å². The molecule has 136 valence electrons. The summed E-state index contributed by atoms with van der Waals surface area (Å²) in [6.45, 7) is 3.65. The maximum Gasteiger partial charge on any atom is 0.240 e. The predicted octanol–water partition coefficient (Wildman–Crippen LogP) is 3.59. The van der Waals surface area contributed by atoms with Crippen LogP contribution in [0, 0.1) is 5.92 Å². The first kappa shape index (κ1) is 17.2. The van der Waals surface area contributed by atoms with E-state index in [4.69, 9.17) is 0 Å². The van der Waals surface area contributed by atoms with Crippen molar-refractivity contribution < 1.29 is 8.42 Å². The number of hydrogen-bond acceptors (Lipinski definition) is 4. The number of allylic oxidation sites excluding steroid dienone is 2. The fraction of sp³-hybridized carbons (Fsp3) is 0.350. The summed E-state index contributed by atoms with van der Waals surface area (Å²) in [5.41, 5.74) is 3.21. The number of sulfonamides is 1. The second-order valence-corrected chi connectivity index (χ2v) is 9.00. The molecule has 0 fully saturated rings. The molecule has 0 amide bonds. The van der Waals surface area contributed by atoms with Crippen LogP contribution in [0.2, 0.25) is 0 Å². The summed E-state index contributed by atoms with van der Waals surface area (Å²) in [6.07, 6.45) is 9.06. The van der Waals surface area contributed by atoms with Crippen molar-refractivity contribution in [2.24, 2.45) is 5.92 Å². The molecule has 0 bridgehead atoms. The Kier molecular flexibility index (Phi) is 4.32. The highest BCUT2D eigenvalue weighted by Crippen LogP contribution is 2.50. The van der Waals surface area contributed by atoms with Gasteiger partial charge in [0.05, 0.1) is 10.9 Å². The molecule has 5 nitrogen and oxygen atoms in total. The molecule has 2 aromatic rings. The minimum atomic E-state index is -3.50. The van der Waals surface area contributed by atoms with Crippen molar-refractivity contribution in [1.29, 1.82) is 0 Å². The lowest BCUT2D eigenvalue weighted by Crippen LogP contribution is -2.31. The standard InChI is InChI=1S/C20H23N3O2S/c1-13(2)23-26(24,25)15-8-9-19-18(11-15)16-6-3-7-17(16)20(22-19)14-5-4-10-21-12-14/h3-6,8-13,16-17,20,22-23H,7H2,1-2H3. The second-order valence-electron chi connectivity index (χ2n) is 7.29. The molecule has 2 aliphatic rings. The molecule has 3 atom stereocenters. The van der Waals surface area contributed by atoms with Gasteiger partial charge >= 0.3 is 0 Å². The third-order valence-electron chi connectivity index (χ3n) is 5.08. The smallest absolute Gasteiger partial charge is 0.240 e. The van der Waals surface area contributed by atoms with E-state index in [1.807, 2.05) is 38.2 Å². The quantitative estimate of drug-likeness (QED) is 0.808. The van der Waals surface area contributed by atoms with Crippen molar-refractivity contribution in [3.8, 4) is 0 Å². The van der Waals surface area contributed by atoms with Crippen LogP contribution >= 0.6 is 0 Å². The summed E-state index contributed by atoms with van der Waals surface area (Å²) >= 11 is 0. The van der Waals surface area contributed by atoms with E-state index in [2.05, 4.69) is 33.2 Å². The largest absolute Gasteiger partial charge is 0.378 e. The monoisotopic (exact) mass is 369 g/mol. The van der Waals surface area contributed by atoms with Crippen molar-refractivity contribution in [2.75, 3.05) is 5.32 Å². The lowest BCUT2D eigenvalue weighted by Gasteiger charge is -2.37. The minimum Gasteiger partial charge on any atom is -0.378 e. The topological polar surface area (TPSA) is 71.1 Å². The van der Waals surface area contributed by atoms with Crippen molar-refractivity contribution in [3.05, 3.63) is 66.0 Å². The van der Waals surface area contributed by atoms with Gasteiger partial charge in [0.1, 0.15) is 0 Å². The molecule has 2 heterocycles. The van der Waals surface area contributed by atoms with Gasteiger partial charge in [-0.2, -0.15) is 0 Å². The molecule has 26 heavy (non-hydrogen) atoms. The van der Waals surface area contributed by atoms with E-state index in [9.17, 15) is 8.42 Å². The van der Waals surface area contributed by atoms with E-state index in [1.54, 1.807) is 12.3 Å². The van der Waals surface area contributed by atoms with Crippen LogP contribution in [0.5, 0.6) is 0 Å². The molecule has 2 N–H and O–H groups in total. The van der Waals surface area contributed by atoms with E-state index in [0.717, 1.165) is 23.2 Å². The van der Waals surface area contributed by atoms with Gasteiger partial charge in [-0.05, 0) is 61.6 Å². The Labute approximate surface area is 154 Å². The number of nitrogens with zero attached hydrogens (tertiary/aromatic N) is 1. The number of benzene rings is 1. The maximum absolute atomic E-state index is 12.5. The van der Waals surface area contributed by atoms with Gasteiger partial charge in [-0.1, -0.05) is 18.2 Å². The van der Waals surface area contributed by atoms with Crippen molar-refractivity contribution in [3.63, 3.8) is 0 Å². The third-order valence-corrected chi connectivity index (χ3v) is 6.74. The Bertz CT molecular complexity index is 939. The molecule has 3 unspecified atom stereocenters. The SMILES string of the molecule is CC(C)NS(=O)(=O)c1ccc2c(c1)C1C=CCC1C(c1cccnc1)N2. The molecular formula is C20H23N3O2S. The van der Waals surface area contributed by atoms with Crippen LogP contribution in [0.4, 0.5) is 5.69 Å².